The van der Waals surface area contributed by atoms with E-state index in [1.165, 1.54) is 0 Å². The van der Waals surface area contributed by atoms with E-state index >= 15 is 0 Å². The summed E-state index contributed by atoms with van der Waals surface area (Å²) < 4.78 is 0. The summed E-state index contributed by atoms with van der Waals surface area (Å²) in [6.07, 6.45) is -0.145. The van der Waals surface area contributed by atoms with Gasteiger partial charge in [-0.1, -0.05) is 30.3 Å². The van der Waals surface area contributed by atoms with Crippen molar-refractivity contribution >= 4 is 24.2 Å². The van der Waals surface area contributed by atoms with E-state index in [2.05, 4.69) is 5.32 Å². The molecule has 2 atom stereocenters. The molecule has 2 amide bonds. The topological polar surface area (TPSA) is 98.2 Å². The third kappa shape index (κ3) is 5.16. The lowest BCUT2D eigenvalue weighted by Crippen LogP contribution is -2.43. The molecule has 0 aliphatic heterocycles. The van der Waals surface area contributed by atoms with Crippen LogP contribution < -0.4 is 16.8 Å². The third-order valence-electron chi connectivity index (χ3n) is 2.42. The predicted molar refractivity (Wildman–Crippen MR) is 72.0 cm³/mol. The minimum Gasteiger partial charge on any atom is -0.370 e. The Morgan fingerprint density at radius 1 is 1.28 bits per heavy atom. The van der Waals surface area contributed by atoms with Crippen molar-refractivity contribution in [3.63, 3.8) is 0 Å². The van der Waals surface area contributed by atoms with Gasteiger partial charge in [0.2, 0.25) is 11.8 Å². The second kappa shape index (κ2) is 7.68. The Morgan fingerprint density at radius 2 is 1.83 bits per heavy atom. The van der Waals surface area contributed by atoms with Crippen LogP contribution in [0.2, 0.25) is 0 Å². The second-order valence-electron chi connectivity index (χ2n) is 3.92. The van der Waals surface area contributed by atoms with Crippen molar-refractivity contribution in [2.75, 3.05) is 0 Å². The number of hydrogen-bond donors (Lipinski definition) is 3. The normalized spacial score (nSPS) is 13.0. The summed E-state index contributed by atoms with van der Waals surface area (Å²) in [5, 5.41) is 2.73. The molecule has 2 unspecified atom stereocenters. The standard InChI is InChI=1S/C12H17N3O2.ClH/c1-8(9-5-3-2-4-6-9)15-12(17)10(13)7-11(14)16;/h2-6,8,10H,7,13H2,1H3,(H2,14,16)(H,15,17);1H. The Balaban J connectivity index is 0.00000289. The SMILES string of the molecule is CC(NC(=O)C(N)CC(N)=O)c1ccccc1.Cl. The lowest BCUT2D eigenvalue weighted by Gasteiger charge is -2.17. The minimum atomic E-state index is -0.890. The van der Waals surface area contributed by atoms with Crippen LogP contribution in [-0.2, 0) is 9.59 Å². The molecule has 0 fully saturated rings. The minimum absolute atomic E-state index is 0. The van der Waals surface area contributed by atoms with Crippen molar-refractivity contribution in [3.05, 3.63) is 35.9 Å². The van der Waals surface area contributed by atoms with Crippen LogP contribution in [0.3, 0.4) is 0 Å². The van der Waals surface area contributed by atoms with E-state index in [1.807, 2.05) is 37.3 Å². The summed E-state index contributed by atoms with van der Waals surface area (Å²) >= 11 is 0. The highest BCUT2D eigenvalue weighted by Crippen LogP contribution is 2.11. The maximum absolute atomic E-state index is 11.6. The molecule has 1 aromatic rings. The Labute approximate surface area is 112 Å². The first kappa shape index (κ1) is 16.4. The molecule has 0 aliphatic rings. The van der Waals surface area contributed by atoms with Gasteiger partial charge in [0.1, 0.15) is 0 Å². The quantitative estimate of drug-likeness (QED) is 0.727. The highest BCUT2D eigenvalue weighted by molar-refractivity contribution is 5.87. The molecule has 0 spiro atoms. The molecule has 0 saturated heterocycles. The van der Waals surface area contributed by atoms with E-state index in [4.69, 9.17) is 11.5 Å². The Bertz CT molecular complexity index is 398. The van der Waals surface area contributed by atoms with Crippen molar-refractivity contribution in [2.45, 2.75) is 25.4 Å². The molecular formula is C12H18ClN3O2. The maximum Gasteiger partial charge on any atom is 0.237 e. The zero-order chi connectivity index (χ0) is 12.8. The molecule has 5 N–H and O–H groups in total. The first-order valence-corrected chi connectivity index (χ1v) is 5.40. The summed E-state index contributed by atoms with van der Waals surface area (Å²) in [4.78, 5) is 22.3. The molecule has 100 valence electrons. The fourth-order valence-electron chi connectivity index (χ4n) is 1.45. The van der Waals surface area contributed by atoms with Gasteiger partial charge in [-0.15, -0.1) is 12.4 Å². The van der Waals surface area contributed by atoms with E-state index in [9.17, 15) is 9.59 Å². The fraction of sp³-hybridized carbons (Fsp3) is 0.333. The molecule has 0 saturated carbocycles. The second-order valence-corrected chi connectivity index (χ2v) is 3.92. The number of nitrogens with one attached hydrogen (secondary N) is 1. The first-order chi connectivity index (χ1) is 8.00. The number of carbonyl (C=O) groups excluding carboxylic acids is 2. The summed E-state index contributed by atoms with van der Waals surface area (Å²) in [5.74, 6) is -0.958. The van der Waals surface area contributed by atoms with Gasteiger partial charge >= 0.3 is 0 Å². The highest BCUT2D eigenvalue weighted by Gasteiger charge is 2.18. The van der Waals surface area contributed by atoms with Crippen LogP contribution >= 0.6 is 12.4 Å². The van der Waals surface area contributed by atoms with Gasteiger partial charge in [-0.05, 0) is 12.5 Å². The van der Waals surface area contributed by atoms with Crippen LogP contribution in [0.4, 0.5) is 0 Å². The summed E-state index contributed by atoms with van der Waals surface area (Å²) in [7, 11) is 0. The van der Waals surface area contributed by atoms with Crippen LogP contribution in [0.1, 0.15) is 24.9 Å². The van der Waals surface area contributed by atoms with E-state index in [0.29, 0.717) is 0 Å². The van der Waals surface area contributed by atoms with Gasteiger partial charge in [0, 0.05) is 0 Å². The average molecular weight is 272 g/mol. The molecule has 0 aliphatic carbocycles. The summed E-state index contributed by atoms with van der Waals surface area (Å²) in [6.45, 7) is 1.85. The zero-order valence-corrected chi connectivity index (χ0v) is 10.9. The largest absolute Gasteiger partial charge is 0.370 e. The average Bonchev–Trinajstić information content (AvgIpc) is 2.29. The number of carbonyl (C=O) groups is 2. The molecule has 0 aromatic heterocycles. The van der Waals surface area contributed by atoms with Crippen molar-refractivity contribution in [1.29, 1.82) is 0 Å². The fourth-order valence-corrected chi connectivity index (χ4v) is 1.45. The zero-order valence-electron chi connectivity index (χ0n) is 10.1. The van der Waals surface area contributed by atoms with Crippen molar-refractivity contribution < 1.29 is 9.59 Å². The van der Waals surface area contributed by atoms with E-state index < -0.39 is 11.9 Å². The molecule has 1 rings (SSSR count). The molecule has 18 heavy (non-hydrogen) atoms. The number of amides is 2. The van der Waals surface area contributed by atoms with Crippen molar-refractivity contribution in [3.8, 4) is 0 Å². The number of primary amides is 1. The maximum atomic E-state index is 11.6. The van der Waals surface area contributed by atoms with Crippen LogP contribution in [0.5, 0.6) is 0 Å². The monoisotopic (exact) mass is 271 g/mol. The molecule has 1 aromatic carbocycles. The van der Waals surface area contributed by atoms with Crippen molar-refractivity contribution in [2.24, 2.45) is 11.5 Å². The Morgan fingerprint density at radius 3 is 2.33 bits per heavy atom. The van der Waals surface area contributed by atoms with Gasteiger partial charge in [0.15, 0.2) is 0 Å². The smallest absolute Gasteiger partial charge is 0.237 e. The molecule has 0 heterocycles. The van der Waals surface area contributed by atoms with E-state index in [-0.39, 0.29) is 30.8 Å². The van der Waals surface area contributed by atoms with E-state index in [0.717, 1.165) is 5.56 Å². The molecule has 0 bridgehead atoms. The number of halogens is 1. The molecule has 5 nitrogen and oxygen atoms in total. The Hall–Kier alpha value is -1.59. The van der Waals surface area contributed by atoms with Gasteiger partial charge in [0.25, 0.3) is 0 Å². The molecule has 0 radical (unpaired) electrons. The van der Waals surface area contributed by atoms with Crippen LogP contribution in [-0.4, -0.2) is 17.9 Å². The van der Waals surface area contributed by atoms with Gasteiger partial charge in [-0.25, -0.2) is 0 Å². The molecular weight excluding hydrogens is 254 g/mol. The van der Waals surface area contributed by atoms with Crippen LogP contribution in [0, 0.1) is 0 Å². The van der Waals surface area contributed by atoms with Crippen molar-refractivity contribution in [1.82, 2.24) is 5.32 Å². The third-order valence-corrected chi connectivity index (χ3v) is 2.42. The van der Waals surface area contributed by atoms with Gasteiger partial charge in [0.05, 0.1) is 18.5 Å². The van der Waals surface area contributed by atoms with Gasteiger partial charge in [-0.3, -0.25) is 9.59 Å². The van der Waals surface area contributed by atoms with Gasteiger partial charge < -0.3 is 16.8 Å². The summed E-state index contributed by atoms with van der Waals surface area (Å²) in [6, 6.07) is 8.45. The Kier molecular flexibility index (Phi) is 7.00. The number of rotatable bonds is 5. The van der Waals surface area contributed by atoms with E-state index in [1.54, 1.807) is 0 Å². The molecule has 6 heteroatoms. The number of benzene rings is 1. The van der Waals surface area contributed by atoms with Gasteiger partial charge in [-0.2, -0.15) is 0 Å². The van der Waals surface area contributed by atoms with Crippen LogP contribution in [0.15, 0.2) is 30.3 Å². The highest BCUT2D eigenvalue weighted by atomic mass is 35.5. The number of hydrogen-bond acceptors (Lipinski definition) is 3. The summed E-state index contributed by atoms with van der Waals surface area (Å²) in [5.41, 5.74) is 11.5. The number of nitrogens with two attached hydrogens (primary N) is 2. The lowest BCUT2D eigenvalue weighted by atomic mass is 10.1. The first-order valence-electron chi connectivity index (χ1n) is 5.40. The lowest BCUT2D eigenvalue weighted by molar-refractivity contribution is -0.126. The predicted octanol–water partition coefficient (Wildman–Crippen LogP) is 0.488. The van der Waals surface area contributed by atoms with Crippen LogP contribution in [0.25, 0.3) is 0 Å².